The van der Waals surface area contributed by atoms with Crippen molar-refractivity contribution in [3.05, 3.63) is 71.8 Å². The van der Waals surface area contributed by atoms with Crippen LogP contribution in [-0.2, 0) is 9.90 Å². The van der Waals surface area contributed by atoms with Crippen LogP contribution in [0.15, 0.2) is 60.7 Å². The summed E-state index contributed by atoms with van der Waals surface area (Å²) in [6.45, 7) is -0.729. The van der Waals surface area contributed by atoms with E-state index in [-0.39, 0.29) is 6.04 Å². The molecule has 0 unspecified atom stereocenters. The van der Waals surface area contributed by atoms with Crippen LogP contribution in [0, 0.1) is 0 Å². The van der Waals surface area contributed by atoms with Gasteiger partial charge >= 0.3 is 0 Å². The molecule has 0 saturated carbocycles. The summed E-state index contributed by atoms with van der Waals surface area (Å²) in [4.78, 5) is 13.2. The maximum absolute atomic E-state index is 11.7. The van der Waals surface area contributed by atoms with Crippen molar-refractivity contribution in [2.24, 2.45) is 0 Å². The van der Waals surface area contributed by atoms with Crippen molar-refractivity contribution in [2.75, 3.05) is 13.7 Å². The third-order valence-electron chi connectivity index (χ3n) is 3.13. The molecule has 19 heavy (non-hydrogen) atoms. The van der Waals surface area contributed by atoms with Gasteiger partial charge in [-0.2, -0.15) is 0 Å². The first kappa shape index (κ1) is 13.3. The SMILES string of the molecule is CN(C(=O)C[O])C(c1ccccc1)c1ccccc1. The average molecular weight is 254 g/mol. The zero-order chi connectivity index (χ0) is 13.7. The third kappa shape index (κ3) is 3.01. The van der Waals surface area contributed by atoms with E-state index in [0.717, 1.165) is 11.1 Å². The van der Waals surface area contributed by atoms with E-state index in [9.17, 15) is 9.90 Å². The maximum Gasteiger partial charge on any atom is 0.252 e. The van der Waals surface area contributed by atoms with Crippen LogP contribution < -0.4 is 0 Å². The molecule has 1 radical (unpaired) electrons. The van der Waals surface area contributed by atoms with Crippen LogP contribution in [0.5, 0.6) is 0 Å². The normalized spacial score (nSPS) is 10.5. The van der Waals surface area contributed by atoms with Crippen LogP contribution in [0.4, 0.5) is 0 Å². The second kappa shape index (κ2) is 6.16. The van der Waals surface area contributed by atoms with E-state index < -0.39 is 12.5 Å². The smallest absolute Gasteiger partial charge is 0.252 e. The first-order valence-electron chi connectivity index (χ1n) is 6.17. The molecule has 0 aromatic heterocycles. The highest BCUT2D eigenvalue weighted by Gasteiger charge is 2.22. The molecule has 0 saturated heterocycles. The van der Waals surface area contributed by atoms with Crippen LogP contribution in [0.1, 0.15) is 17.2 Å². The molecule has 0 aliphatic carbocycles. The minimum Gasteiger partial charge on any atom is -0.333 e. The average Bonchev–Trinajstić information content (AvgIpc) is 2.49. The van der Waals surface area contributed by atoms with Gasteiger partial charge in [-0.1, -0.05) is 60.7 Å². The predicted molar refractivity (Wildman–Crippen MR) is 73.1 cm³/mol. The molecule has 2 rings (SSSR count). The monoisotopic (exact) mass is 254 g/mol. The zero-order valence-corrected chi connectivity index (χ0v) is 10.8. The van der Waals surface area contributed by atoms with Gasteiger partial charge in [0.05, 0.1) is 6.04 Å². The molecule has 0 bridgehead atoms. The minimum absolute atomic E-state index is 0.219. The number of hydrogen-bond donors (Lipinski definition) is 0. The van der Waals surface area contributed by atoms with E-state index in [1.807, 2.05) is 60.7 Å². The van der Waals surface area contributed by atoms with Crippen molar-refractivity contribution in [1.29, 1.82) is 0 Å². The lowest BCUT2D eigenvalue weighted by Crippen LogP contribution is -2.33. The van der Waals surface area contributed by atoms with Crippen LogP contribution >= 0.6 is 0 Å². The van der Waals surface area contributed by atoms with Gasteiger partial charge in [0.2, 0.25) is 0 Å². The van der Waals surface area contributed by atoms with Gasteiger partial charge in [-0.3, -0.25) is 4.79 Å². The Bertz CT molecular complexity index is 485. The number of hydrogen-bond acceptors (Lipinski definition) is 1. The van der Waals surface area contributed by atoms with Crippen LogP contribution in [0.2, 0.25) is 0 Å². The third-order valence-corrected chi connectivity index (χ3v) is 3.13. The topological polar surface area (TPSA) is 40.2 Å². The lowest BCUT2D eigenvalue weighted by Gasteiger charge is -2.28. The van der Waals surface area contributed by atoms with Gasteiger partial charge in [0.1, 0.15) is 0 Å². The highest BCUT2D eigenvalue weighted by atomic mass is 16.3. The quantitative estimate of drug-likeness (QED) is 0.826. The zero-order valence-electron chi connectivity index (χ0n) is 10.8. The molecule has 2 aromatic carbocycles. The largest absolute Gasteiger partial charge is 0.333 e. The molecule has 1 amide bonds. The Morgan fingerprint density at radius 2 is 1.37 bits per heavy atom. The molecule has 3 heteroatoms. The Morgan fingerprint density at radius 3 is 1.74 bits per heavy atom. The first-order valence-corrected chi connectivity index (χ1v) is 6.17. The molecule has 97 valence electrons. The van der Waals surface area contributed by atoms with E-state index in [2.05, 4.69) is 0 Å². The number of likely N-dealkylation sites (N-methyl/N-ethyl adjacent to an activating group) is 1. The van der Waals surface area contributed by atoms with Gasteiger partial charge in [-0.25, -0.2) is 5.11 Å². The van der Waals surface area contributed by atoms with Gasteiger partial charge in [0, 0.05) is 7.05 Å². The molecule has 0 heterocycles. The van der Waals surface area contributed by atoms with E-state index in [1.54, 1.807) is 7.05 Å². The Labute approximate surface area is 113 Å². The number of nitrogens with zero attached hydrogens (tertiary/aromatic N) is 1. The predicted octanol–water partition coefficient (Wildman–Crippen LogP) is 2.66. The molecular weight excluding hydrogens is 238 g/mol. The second-order valence-corrected chi connectivity index (χ2v) is 4.37. The number of carbonyl (C=O) groups excluding carboxylic acids is 1. The van der Waals surface area contributed by atoms with Gasteiger partial charge in [0.15, 0.2) is 6.61 Å². The molecule has 0 aliphatic heterocycles. The lowest BCUT2D eigenvalue weighted by atomic mass is 9.97. The standard InChI is InChI=1S/C16H16NO2/c1-17(15(19)12-18)16(13-8-4-2-5-9-13)14-10-6-3-7-11-14/h2-11,16H,12H2,1H3. The summed E-state index contributed by atoms with van der Waals surface area (Å²) in [5.41, 5.74) is 2.00. The van der Waals surface area contributed by atoms with E-state index >= 15 is 0 Å². The van der Waals surface area contributed by atoms with Gasteiger partial charge in [-0.15, -0.1) is 0 Å². The Balaban J connectivity index is 2.43. The van der Waals surface area contributed by atoms with Gasteiger partial charge < -0.3 is 4.90 Å². The molecule has 0 spiro atoms. The summed E-state index contributed by atoms with van der Waals surface area (Å²) in [6.07, 6.45) is 0. The van der Waals surface area contributed by atoms with Gasteiger partial charge in [-0.05, 0) is 11.1 Å². The van der Waals surface area contributed by atoms with Crippen LogP contribution in [0.25, 0.3) is 0 Å². The van der Waals surface area contributed by atoms with Crippen LogP contribution in [-0.4, -0.2) is 24.5 Å². The number of amides is 1. The Hall–Kier alpha value is -2.13. The molecule has 0 fully saturated rings. The highest BCUT2D eigenvalue weighted by Crippen LogP contribution is 2.27. The molecular formula is C16H16NO2. The fraction of sp³-hybridized carbons (Fsp3) is 0.188. The Morgan fingerprint density at radius 1 is 0.947 bits per heavy atom. The summed E-state index contributed by atoms with van der Waals surface area (Å²) in [6, 6.07) is 19.2. The highest BCUT2D eigenvalue weighted by molar-refractivity contribution is 5.77. The fourth-order valence-electron chi connectivity index (χ4n) is 2.16. The van der Waals surface area contributed by atoms with Crippen molar-refractivity contribution in [3.8, 4) is 0 Å². The lowest BCUT2D eigenvalue weighted by molar-refractivity contribution is -0.136. The van der Waals surface area contributed by atoms with Crippen molar-refractivity contribution < 1.29 is 9.90 Å². The first-order chi connectivity index (χ1) is 9.24. The van der Waals surface area contributed by atoms with Crippen molar-refractivity contribution >= 4 is 5.91 Å². The van der Waals surface area contributed by atoms with Crippen molar-refractivity contribution in [2.45, 2.75) is 6.04 Å². The summed E-state index contributed by atoms with van der Waals surface area (Å²) in [5.74, 6) is -0.405. The summed E-state index contributed by atoms with van der Waals surface area (Å²) in [7, 11) is 1.67. The van der Waals surface area contributed by atoms with Crippen LogP contribution in [0.3, 0.4) is 0 Å². The number of carbonyl (C=O) groups is 1. The summed E-state index contributed by atoms with van der Waals surface area (Å²) < 4.78 is 0. The summed E-state index contributed by atoms with van der Waals surface area (Å²) in [5, 5.41) is 10.8. The van der Waals surface area contributed by atoms with E-state index in [4.69, 9.17) is 0 Å². The molecule has 0 atom stereocenters. The number of benzene rings is 2. The maximum atomic E-state index is 11.7. The van der Waals surface area contributed by atoms with Gasteiger partial charge in [0.25, 0.3) is 5.91 Å². The summed E-state index contributed by atoms with van der Waals surface area (Å²) >= 11 is 0. The van der Waals surface area contributed by atoms with E-state index in [1.165, 1.54) is 4.90 Å². The molecule has 2 aromatic rings. The second-order valence-electron chi connectivity index (χ2n) is 4.37. The molecule has 0 N–H and O–H groups in total. The minimum atomic E-state index is -0.729. The molecule has 3 nitrogen and oxygen atoms in total. The molecule has 0 aliphatic rings. The fourth-order valence-corrected chi connectivity index (χ4v) is 2.16. The Kier molecular flexibility index (Phi) is 4.31. The van der Waals surface area contributed by atoms with Crippen molar-refractivity contribution in [1.82, 2.24) is 4.90 Å². The van der Waals surface area contributed by atoms with E-state index in [0.29, 0.717) is 0 Å². The van der Waals surface area contributed by atoms with Crippen molar-refractivity contribution in [3.63, 3.8) is 0 Å². The number of rotatable bonds is 4.